The summed E-state index contributed by atoms with van der Waals surface area (Å²) in [6.07, 6.45) is 3.02. The number of carbonyl (C=O) groups is 1. The minimum Gasteiger partial charge on any atom is -0.434 e. The lowest BCUT2D eigenvalue weighted by atomic mass is 9.98. The third kappa shape index (κ3) is 3.14. The van der Waals surface area contributed by atoms with Crippen LogP contribution in [-0.2, 0) is 12.0 Å². The molecular formula is C27H23F2N5O3. The molecule has 3 atom stereocenters. The molecule has 7 rings (SSSR count). The van der Waals surface area contributed by atoms with Crippen molar-refractivity contribution in [2.75, 3.05) is 6.98 Å². The molecule has 4 aromatic rings. The number of imidazole rings is 1. The predicted octanol–water partition coefficient (Wildman–Crippen LogP) is 4.37. The molecule has 0 saturated carbocycles. The summed E-state index contributed by atoms with van der Waals surface area (Å²) >= 11 is 0. The summed E-state index contributed by atoms with van der Waals surface area (Å²) in [7, 11) is 0. The third-order valence-corrected chi connectivity index (χ3v) is 7.65. The van der Waals surface area contributed by atoms with E-state index in [9.17, 15) is 18.7 Å². The van der Waals surface area contributed by atoms with Gasteiger partial charge in [0.2, 0.25) is 0 Å². The number of halogens is 2. The molecule has 1 N–H and O–H groups in total. The average molecular weight is 507 g/mol. The van der Waals surface area contributed by atoms with E-state index in [2.05, 4.69) is 9.97 Å². The van der Waals surface area contributed by atoms with Gasteiger partial charge >= 0.3 is 6.61 Å². The average Bonchev–Trinajstić information content (AvgIpc) is 3.49. The van der Waals surface area contributed by atoms with E-state index < -0.39 is 37.2 Å². The first kappa shape index (κ1) is 19.2. The van der Waals surface area contributed by atoms with Crippen molar-refractivity contribution in [2.24, 2.45) is 0 Å². The monoisotopic (exact) mass is 506 g/mol. The largest absolute Gasteiger partial charge is 0.434 e. The van der Waals surface area contributed by atoms with Gasteiger partial charge < -0.3 is 19.3 Å². The van der Waals surface area contributed by atoms with Crippen molar-refractivity contribution in [1.29, 1.82) is 0 Å². The van der Waals surface area contributed by atoms with Gasteiger partial charge in [0, 0.05) is 40.4 Å². The number of benzene rings is 1. The molecule has 3 aliphatic rings. The topological polar surface area (TPSA) is 93.4 Å². The van der Waals surface area contributed by atoms with Crippen LogP contribution >= 0.6 is 0 Å². The molecule has 0 saturated heterocycles. The van der Waals surface area contributed by atoms with Crippen LogP contribution < -0.4 is 4.74 Å². The maximum atomic E-state index is 13.6. The number of aryl methyl sites for hydroxylation is 1. The highest BCUT2D eigenvalue weighted by molar-refractivity contribution is 5.97. The molecule has 3 aromatic heterocycles. The van der Waals surface area contributed by atoms with Gasteiger partial charge in [0.05, 0.1) is 23.5 Å². The number of hydrogen-bond donors (Lipinski definition) is 1. The van der Waals surface area contributed by atoms with E-state index in [1.54, 1.807) is 29.8 Å². The lowest BCUT2D eigenvalue weighted by Gasteiger charge is -2.24. The van der Waals surface area contributed by atoms with E-state index in [1.807, 2.05) is 6.07 Å². The molecule has 0 radical (unpaired) electrons. The second kappa shape index (κ2) is 7.55. The van der Waals surface area contributed by atoms with Crippen molar-refractivity contribution in [3.63, 3.8) is 0 Å². The van der Waals surface area contributed by atoms with Gasteiger partial charge in [-0.1, -0.05) is 6.07 Å². The summed E-state index contributed by atoms with van der Waals surface area (Å²) in [5, 5.41) is 10.6. The lowest BCUT2D eigenvalue weighted by molar-refractivity contribution is -0.0507. The molecule has 2 bridgehead atoms. The van der Waals surface area contributed by atoms with E-state index in [4.69, 9.17) is 13.8 Å². The first-order valence-corrected chi connectivity index (χ1v) is 12.0. The Hall–Kier alpha value is -3.92. The SMILES string of the molecule is [2H]C([2H])([2H])N1C(=O)c2cccc(OC(F)F)c2[C@H]2C[C@@H]1c1nc3ccc(-c4cnc5c(c4)CC[C@]5(C)O)nc3n12. The predicted molar refractivity (Wildman–Crippen MR) is 129 cm³/mol. The molecule has 0 unspecified atom stereocenters. The van der Waals surface area contributed by atoms with Gasteiger partial charge in [-0.15, -0.1) is 0 Å². The summed E-state index contributed by atoms with van der Waals surface area (Å²) in [5.74, 6) is -0.679. The number of carbonyl (C=O) groups excluding carboxylic acids is 1. The van der Waals surface area contributed by atoms with Crippen LogP contribution in [0.2, 0.25) is 0 Å². The van der Waals surface area contributed by atoms with Gasteiger partial charge in [0.1, 0.15) is 22.7 Å². The molecular weight excluding hydrogens is 480 g/mol. The number of nitrogens with zero attached hydrogens (tertiary/aromatic N) is 5. The summed E-state index contributed by atoms with van der Waals surface area (Å²) in [6.45, 7) is -4.21. The number of aromatic nitrogens is 4. The maximum absolute atomic E-state index is 13.6. The van der Waals surface area contributed by atoms with E-state index in [0.717, 1.165) is 16.0 Å². The summed E-state index contributed by atoms with van der Waals surface area (Å²) < 4.78 is 57.8. The van der Waals surface area contributed by atoms with Crippen molar-refractivity contribution in [1.82, 2.24) is 24.4 Å². The van der Waals surface area contributed by atoms with E-state index in [1.165, 1.54) is 18.2 Å². The molecule has 0 spiro atoms. The Balaban J connectivity index is 1.43. The highest BCUT2D eigenvalue weighted by Gasteiger charge is 2.45. The second-order valence-electron chi connectivity index (χ2n) is 9.92. The number of aliphatic hydroxyl groups is 1. The van der Waals surface area contributed by atoms with Crippen LogP contribution in [0, 0.1) is 0 Å². The molecule has 5 heterocycles. The van der Waals surface area contributed by atoms with Crippen molar-refractivity contribution in [3.8, 4) is 17.0 Å². The lowest BCUT2D eigenvalue weighted by Crippen LogP contribution is -2.30. The number of hydrogen-bond acceptors (Lipinski definition) is 6. The van der Waals surface area contributed by atoms with E-state index in [0.29, 0.717) is 41.2 Å². The molecule has 10 heteroatoms. The van der Waals surface area contributed by atoms with Crippen LogP contribution in [-0.4, -0.2) is 49.0 Å². The summed E-state index contributed by atoms with van der Waals surface area (Å²) in [6, 6.07) is 7.99. The standard InChI is InChI=1S/C27H23F2N5O3/c1-27(36)9-8-13-10-14(12-30-22(13)27)16-6-7-17-23(31-16)34-18-11-19(24(34)32-17)33(2)25(35)15-4-3-5-20(21(15)18)37-26(28)29/h3-7,10,12,18-19,26,36H,8-9,11H2,1-2H3/t18-,19-,27+/m1/s1/i2D3. The van der Waals surface area contributed by atoms with Crippen molar-refractivity contribution < 1.29 is 27.5 Å². The van der Waals surface area contributed by atoms with Crippen LogP contribution in [0.1, 0.15) is 69.0 Å². The molecule has 1 amide bonds. The quantitative estimate of drug-likeness (QED) is 0.444. The van der Waals surface area contributed by atoms with Crippen LogP contribution in [0.15, 0.2) is 42.6 Å². The summed E-state index contributed by atoms with van der Waals surface area (Å²) in [4.78, 5) is 28.4. The van der Waals surface area contributed by atoms with Gasteiger partial charge in [-0.2, -0.15) is 8.78 Å². The molecule has 2 aliphatic heterocycles. The van der Waals surface area contributed by atoms with Crippen molar-refractivity contribution >= 4 is 17.1 Å². The Morgan fingerprint density at radius 2 is 2.11 bits per heavy atom. The van der Waals surface area contributed by atoms with Crippen molar-refractivity contribution in [3.05, 3.63) is 70.8 Å². The zero-order valence-electron chi connectivity index (χ0n) is 22.7. The molecule has 8 nitrogen and oxygen atoms in total. The van der Waals surface area contributed by atoms with Crippen molar-refractivity contribution in [2.45, 2.75) is 50.5 Å². The van der Waals surface area contributed by atoms with Crippen LogP contribution in [0.25, 0.3) is 22.4 Å². The highest BCUT2D eigenvalue weighted by atomic mass is 19.3. The Kier molecular flexibility index (Phi) is 3.92. The fraction of sp³-hybridized carbons (Fsp3) is 0.333. The van der Waals surface area contributed by atoms with E-state index in [-0.39, 0.29) is 23.3 Å². The van der Waals surface area contributed by atoms with Gasteiger partial charge in [-0.25, -0.2) is 9.97 Å². The molecule has 1 aliphatic carbocycles. The van der Waals surface area contributed by atoms with Crippen LogP contribution in [0.4, 0.5) is 8.78 Å². The first-order chi connectivity index (χ1) is 18.9. The number of rotatable bonds is 3. The fourth-order valence-electron chi connectivity index (χ4n) is 5.95. The number of alkyl halides is 2. The van der Waals surface area contributed by atoms with Gasteiger partial charge in [-0.3, -0.25) is 9.78 Å². The number of ether oxygens (including phenoxy) is 1. The minimum atomic E-state index is -3.14. The number of pyridine rings is 2. The molecule has 0 fully saturated rings. The van der Waals surface area contributed by atoms with Gasteiger partial charge in [-0.05, 0) is 55.7 Å². The Bertz CT molecular complexity index is 1720. The summed E-state index contributed by atoms with van der Waals surface area (Å²) in [5.41, 5.74) is 2.96. The molecule has 188 valence electrons. The van der Waals surface area contributed by atoms with E-state index >= 15 is 0 Å². The van der Waals surface area contributed by atoms with Gasteiger partial charge in [0.25, 0.3) is 5.91 Å². The zero-order valence-corrected chi connectivity index (χ0v) is 19.7. The third-order valence-electron chi connectivity index (χ3n) is 7.65. The second-order valence-corrected chi connectivity index (χ2v) is 9.92. The van der Waals surface area contributed by atoms with Gasteiger partial charge in [0.15, 0.2) is 5.65 Å². The first-order valence-electron chi connectivity index (χ1n) is 13.5. The molecule has 37 heavy (non-hydrogen) atoms. The Morgan fingerprint density at radius 1 is 1.24 bits per heavy atom. The normalized spacial score (nSPS) is 25.4. The maximum Gasteiger partial charge on any atom is 0.387 e. The fourth-order valence-corrected chi connectivity index (χ4v) is 5.95. The Morgan fingerprint density at radius 3 is 2.92 bits per heavy atom. The Labute approximate surface area is 214 Å². The minimum absolute atomic E-state index is 0.0136. The highest BCUT2D eigenvalue weighted by Crippen LogP contribution is 2.50. The zero-order chi connectivity index (χ0) is 28.1. The van der Waals surface area contributed by atoms with Crippen LogP contribution in [0.5, 0.6) is 5.75 Å². The number of fused-ring (bicyclic) bond motifs is 10. The molecule has 1 aromatic carbocycles. The smallest absolute Gasteiger partial charge is 0.387 e. The van der Waals surface area contributed by atoms with Crippen LogP contribution in [0.3, 0.4) is 0 Å². The number of amides is 1.